The highest BCUT2D eigenvalue weighted by molar-refractivity contribution is 7.92. The number of anilines is 1. The molecule has 144 valence electrons. The van der Waals surface area contributed by atoms with Crippen LogP contribution in [0.5, 0.6) is 11.6 Å². The summed E-state index contributed by atoms with van der Waals surface area (Å²) < 4.78 is 37.9. The molecular formula is C18H20N2O6S. The lowest BCUT2D eigenvalue weighted by molar-refractivity contribution is -0.137. The number of aliphatic carboxylic acids is 1. The van der Waals surface area contributed by atoms with E-state index in [4.69, 9.17) is 14.6 Å². The van der Waals surface area contributed by atoms with Gasteiger partial charge in [-0.05, 0) is 30.7 Å². The molecule has 1 N–H and O–H groups in total. The van der Waals surface area contributed by atoms with Crippen LogP contribution in [0.4, 0.5) is 5.69 Å². The van der Waals surface area contributed by atoms with E-state index >= 15 is 0 Å². The van der Waals surface area contributed by atoms with Crippen LogP contribution in [0.25, 0.3) is 0 Å². The number of fused-ring (bicyclic) bond motifs is 1. The fraction of sp³-hybridized carbons (Fsp3) is 0.333. The van der Waals surface area contributed by atoms with Crippen LogP contribution >= 0.6 is 0 Å². The minimum atomic E-state index is -3.83. The van der Waals surface area contributed by atoms with Crippen molar-refractivity contribution >= 4 is 21.7 Å². The quantitative estimate of drug-likeness (QED) is 0.770. The maximum atomic E-state index is 13.2. The van der Waals surface area contributed by atoms with Crippen molar-refractivity contribution in [2.45, 2.75) is 23.7 Å². The summed E-state index contributed by atoms with van der Waals surface area (Å²) in [4.78, 5) is 15.2. The number of benzene rings is 1. The number of ether oxygens (including phenoxy) is 2. The molecule has 1 aliphatic heterocycles. The Hall–Kier alpha value is -2.81. The zero-order valence-electron chi connectivity index (χ0n) is 15.0. The molecule has 27 heavy (non-hydrogen) atoms. The van der Waals surface area contributed by atoms with Gasteiger partial charge in [-0.3, -0.25) is 9.10 Å². The van der Waals surface area contributed by atoms with Gasteiger partial charge >= 0.3 is 5.97 Å². The monoisotopic (exact) mass is 392 g/mol. The first-order valence-corrected chi connectivity index (χ1v) is 9.73. The normalized spacial score (nSPS) is 16.1. The molecule has 1 aromatic carbocycles. The van der Waals surface area contributed by atoms with Crippen molar-refractivity contribution in [1.29, 1.82) is 0 Å². The number of aromatic nitrogens is 1. The summed E-state index contributed by atoms with van der Waals surface area (Å²) in [6.07, 6.45) is 1.84. The van der Waals surface area contributed by atoms with Crippen molar-refractivity contribution in [2.24, 2.45) is 0 Å². The number of carbonyl (C=O) groups is 1. The van der Waals surface area contributed by atoms with Gasteiger partial charge in [-0.2, -0.15) is 0 Å². The Morgan fingerprint density at radius 2 is 1.96 bits per heavy atom. The molecule has 0 saturated carbocycles. The molecule has 9 heteroatoms. The number of carboxylic acids is 1. The molecule has 0 aliphatic carbocycles. The average molecular weight is 392 g/mol. The Bertz CT molecular complexity index is 943. The average Bonchev–Trinajstić information content (AvgIpc) is 3.05. The van der Waals surface area contributed by atoms with Gasteiger partial charge in [0, 0.05) is 36.7 Å². The van der Waals surface area contributed by atoms with Gasteiger partial charge < -0.3 is 14.6 Å². The van der Waals surface area contributed by atoms with Gasteiger partial charge in [-0.1, -0.05) is 0 Å². The zero-order chi connectivity index (χ0) is 19.6. The Labute approximate surface area is 157 Å². The molecule has 0 amide bonds. The van der Waals surface area contributed by atoms with Crippen LogP contribution < -0.4 is 13.8 Å². The van der Waals surface area contributed by atoms with E-state index in [0.29, 0.717) is 29.3 Å². The number of pyridine rings is 1. The second-order valence-corrected chi connectivity index (χ2v) is 7.99. The summed E-state index contributed by atoms with van der Waals surface area (Å²) in [6, 6.07) is 7.70. The third-order valence-electron chi connectivity index (χ3n) is 4.54. The number of hydrogen-bond acceptors (Lipinski definition) is 6. The molecular weight excluding hydrogens is 372 g/mol. The Balaban J connectivity index is 2.00. The van der Waals surface area contributed by atoms with Gasteiger partial charge in [-0.25, -0.2) is 13.4 Å². The van der Waals surface area contributed by atoms with Gasteiger partial charge in [0.25, 0.3) is 10.0 Å². The highest BCUT2D eigenvalue weighted by Gasteiger charge is 2.37. The van der Waals surface area contributed by atoms with E-state index in [0.717, 1.165) is 0 Å². The van der Waals surface area contributed by atoms with Crippen molar-refractivity contribution in [1.82, 2.24) is 4.98 Å². The van der Waals surface area contributed by atoms with Crippen LogP contribution in [-0.4, -0.2) is 45.2 Å². The number of carboxylic acid groups (broad SMARTS) is 1. The topological polar surface area (TPSA) is 106 Å². The fourth-order valence-electron chi connectivity index (χ4n) is 3.12. The number of methoxy groups -OCH3 is 2. The lowest BCUT2D eigenvalue weighted by Crippen LogP contribution is -2.30. The number of hydrogen-bond donors (Lipinski definition) is 1. The number of rotatable bonds is 7. The lowest BCUT2D eigenvalue weighted by atomic mass is 9.98. The van der Waals surface area contributed by atoms with E-state index in [1.54, 1.807) is 24.4 Å². The highest BCUT2D eigenvalue weighted by atomic mass is 32.2. The minimum Gasteiger partial charge on any atom is -0.497 e. The van der Waals surface area contributed by atoms with E-state index in [-0.39, 0.29) is 23.8 Å². The standard InChI is InChI=1S/C18H20N2O6S/c1-25-13-4-6-14(7-5-13)27(23,24)20-11-12(3-8-18(21)22)15-10-19-17(26-2)9-16(15)20/h4-7,9-10,12H,3,8,11H2,1-2H3,(H,21,22). The van der Waals surface area contributed by atoms with E-state index < -0.39 is 16.0 Å². The molecule has 1 aromatic heterocycles. The fourth-order valence-corrected chi connectivity index (χ4v) is 4.65. The first-order valence-electron chi connectivity index (χ1n) is 8.29. The molecule has 1 aliphatic rings. The van der Waals surface area contributed by atoms with Crippen molar-refractivity contribution < 1.29 is 27.8 Å². The SMILES string of the molecule is COc1ccc(S(=O)(=O)N2CC(CCC(=O)O)c3cnc(OC)cc32)cc1. The zero-order valence-corrected chi connectivity index (χ0v) is 15.8. The molecule has 3 rings (SSSR count). The smallest absolute Gasteiger partial charge is 0.303 e. The predicted octanol–water partition coefficient (Wildman–Crippen LogP) is 2.26. The second-order valence-electron chi connectivity index (χ2n) is 6.13. The molecule has 0 radical (unpaired) electrons. The number of sulfonamides is 1. The van der Waals surface area contributed by atoms with Crippen molar-refractivity contribution in [3.8, 4) is 11.6 Å². The predicted molar refractivity (Wildman–Crippen MR) is 97.9 cm³/mol. The van der Waals surface area contributed by atoms with Crippen LogP contribution in [0, 0.1) is 0 Å². The Kier molecular flexibility index (Phi) is 5.22. The summed E-state index contributed by atoms with van der Waals surface area (Å²) in [6.45, 7) is 0.159. The van der Waals surface area contributed by atoms with Gasteiger partial charge in [0.1, 0.15) is 5.75 Å². The van der Waals surface area contributed by atoms with Crippen LogP contribution in [0.1, 0.15) is 24.3 Å². The van der Waals surface area contributed by atoms with Gasteiger partial charge in [0.05, 0.1) is 24.8 Å². The van der Waals surface area contributed by atoms with Crippen LogP contribution in [0.15, 0.2) is 41.4 Å². The summed E-state index contributed by atoms with van der Waals surface area (Å²) >= 11 is 0. The van der Waals surface area contributed by atoms with Crippen molar-refractivity contribution in [2.75, 3.05) is 25.1 Å². The van der Waals surface area contributed by atoms with E-state index in [1.807, 2.05) is 0 Å². The molecule has 0 bridgehead atoms. The third kappa shape index (κ3) is 3.68. The molecule has 0 spiro atoms. The van der Waals surface area contributed by atoms with E-state index in [9.17, 15) is 13.2 Å². The summed E-state index contributed by atoms with van der Waals surface area (Å²) in [5.41, 5.74) is 1.17. The largest absolute Gasteiger partial charge is 0.497 e. The molecule has 1 atom stereocenters. The number of nitrogens with zero attached hydrogens (tertiary/aromatic N) is 2. The van der Waals surface area contributed by atoms with Crippen LogP contribution in [0.2, 0.25) is 0 Å². The first-order chi connectivity index (χ1) is 12.9. The van der Waals surface area contributed by atoms with Gasteiger partial charge in [0.2, 0.25) is 5.88 Å². The summed E-state index contributed by atoms with van der Waals surface area (Å²) in [5.74, 6) is -0.319. The van der Waals surface area contributed by atoms with E-state index in [2.05, 4.69) is 4.98 Å². The summed E-state index contributed by atoms with van der Waals surface area (Å²) in [5, 5.41) is 8.98. The van der Waals surface area contributed by atoms with Crippen LogP contribution in [0.3, 0.4) is 0 Å². The van der Waals surface area contributed by atoms with Crippen molar-refractivity contribution in [3.63, 3.8) is 0 Å². The minimum absolute atomic E-state index is 0.0490. The highest BCUT2D eigenvalue weighted by Crippen LogP contribution is 2.42. The first kappa shape index (κ1) is 19.0. The Morgan fingerprint density at radius 3 is 2.56 bits per heavy atom. The van der Waals surface area contributed by atoms with Gasteiger partial charge in [0.15, 0.2) is 0 Å². The molecule has 0 saturated heterocycles. The molecule has 2 aromatic rings. The summed E-state index contributed by atoms with van der Waals surface area (Å²) in [7, 11) is -0.868. The Morgan fingerprint density at radius 1 is 1.26 bits per heavy atom. The van der Waals surface area contributed by atoms with Crippen molar-refractivity contribution in [3.05, 3.63) is 42.1 Å². The lowest BCUT2D eigenvalue weighted by Gasteiger charge is -2.20. The van der Waals surface area contributed by atoms with Crippen LogP contribution in [-0.2, 0) is 14.8 Å². The molecule has 0 fully saturated rings. The maximum Gasteiger partial charge on any atom is 0.303 e. The molecule has 2 heterocycles. The molecule has 8 nitrogen and oxygen atoms in total. The van der Waals surface area contributed by atoms with E-state index in [1.165, 1.54) is 30.7 Å². The second kappa shape index (κ2) is 7.43. The third-order valence-corrected chi connectivity index (χ3v) is 6.34. The maximum absolute atomic E-state index is 13.2. The van der Waals surface area contributed by atoms with Gasteiger partial charge in [-0.15, -0.1) is 0 Å². The molecule has 1 unspecified atom stereocenters.